The van der Waals surface area contributed by atoms with E-state index in [-0.39, 0.29) is 18.6 Å². The predicted molar refractivity (Wildman–Crippen MR) is 160 cm³/mol. The number of hydrogen-bond donors (Lipinski definition) is 2. The van der Waals surface area contributed by atoms with E-state index in [4.69, 9.17) is 4.74 Å². The molecule has 0 unspecified atom stereocenters. The second-order valence-electron chi connectivity index (χ2n) is 12.4. The van der Waals surface area contributed by atoms with E-state index < -0.39 is 0 Å². The first-order valence-corrected chi connectivity index (χ1v) is 15.0. The number of ether oxygens (including phenoxy) is 1. The maximum absolute atomic E-state index is 13.0. The molecule has 9 nitrogen and oxygen atoms in total. The van der Waals surface area contributed by atoms with Crippen molar-refractivity contribution in [2.24, 2.45) is 5.92 Å². The zero-order valence-corrected chi connectivity index (χ0v) is 24.6. The number of piperidine rings is 1. The molecule has 0 spiro atoms. The lowest BCUT2D eigenvalue weighted by Crippen LogP contribution is -2.45. The molecule has 2 aliphatic rings. The number of nitrogens with one attached hydrogen (secondary N) is 1. The molecule has 3 aromatic heterocycles. The number of amides is 1. The van der Waals surface area contributed by atoms with E-state index in [0.717, 1.165) is 66.9 Å². The van der Waals surface area contributed by atoms with Gasteiger partial charge in [-0.15, -0.1) is 0 Å². The van der Waals surface area contributed by atoms with Gasteiger partial charge in [0.15, 0.2) is 5.65 Å². The summed E-state index contributed by atoms with van der Waals surface area (Å²) in [5.41, 5.74) is 7.84. The molecule has 4 aromatic rings. The molecule has 0 bridgehead atoms. The Balaban J connectivity index is 1.22. The lowest BCUT2D eigenvalue weighted by Gasteiger charge is -2.33. The van der Waals surface area contributed by atoms with Crippen LogP contribution < -0.4 is 0 Å². The van der Waals surface area contributed by atoms with Gasteiger partial charge in [-0.05, 0) is 79.4 Å². The quantitative estimate of drug-likeness (QED) is 0.329. The van der Waals surface area contributed by atoms with Gasteiger partial charge < -0.3 is 19.7 Å². The van der Waals surface area contributed by atoms with E-state index in [1.54, 1.807) is 13.4 Å². The predicted octanol–water partition coefficient (Wildman–Crippen LogP) is 4.56. The van der Waals surface area contributed by atoms with Crippen LogP contribution in [0.4, 0.5) is 0 Å². The van der Waals surface area contributed by atoms with Crippen LogP contribution in [0.25, 0.3) is 27.8 Å². The maximum atomic E-state index is 13.0. The van der Waals surface area contributed by atoms with Gasteiger partial charge in [0, 0.05) is 41.9 Å². The van der Waals surface area contributed by atoms with Crippen LogP contribution in [-0.4, -0.2) is 86.3 Å². The van der Waals surface area contributed by atoms with Crippen molar-refractivity contribution in [1.29, 1.82) is 0 Å². The molecule has 2 N–H and O–H groups in total. The summed E-state index contributed by atoms with van der Waals surface area (Å²) in [6, 6.07) is 9.02. The Morgan fingerprint density at radius 3 is 2.76 bits per heavy atom. The van der Waals surface area contributed by atoms with E-state index in [1.807, 2.05) is 15.6 Å². The van der Waals surface area contributed by atoms with E-state index in [2.05, 4.69) is 65.0 Å². The average Bonchev–Trinajstić information content (AvgIpc) is 3.69. The molecule has 1 amide bonds. The van der Waals surface area contributed by atoms with Gasteiger partial charge in [0.25, 0.3) is 0 Å². The standard InChI is InChI=1S/C32H42N6O3/c1-20(2)30-27-13-23(22-7-9-36(10-8-22)16-29(40)37-14-21(3)11-26(37)17-39)5-6-28(27)35-31(30)24-12-25(18-41-4)32-33-19-34-38(32)15-24/h5-6,12-13,15,19-22,26,35,39H,7-11,14,16-18H2,1-4H3/t21-,26-/m0/s1. The summed E-state index contributed by atoms with van der Waals surface area (Å²) < 4.78 is 7.29. The first-order chi connectivity index (χ1) is 19.9. The first kappa shape index (κ1) is 27.9. The molecule has 5 heterocycles. The maximum Gasteiger partial charge on any atom is 0.237 e. The number of H-pyrrole nitrogens is 1. The molecule has 2 aliphatic heterocycles. The number of pyridine rings is 1. The Morgan fingerprint density at radius 1 is 1.22 bits per heavy atom. The number of fused-ring (bicyclic) bond motifs is 2. The van der Waals surface area contributed by atoms with Crippen LogP contribution in [0.3, 0.4) is 0 Å². The fourth-order valence-corrected chi connectivity index (χ4v) is 7.04. The number of hydrogen-bond acceptors (Lipinski definition) is 6. The number of nitrogens with zero attached hydrogens (tertiary/aromatic N) is 5. The minimum atomic E-state index is -0.0205. The lowest BCUT2D eigenvalue weighted by atomic mass is 9.87. The zero-order valence-electron chi connectivity index (χ0n) is 24.6. The van der Waals surface area contributed by atoms with Crippen molar-refractivity contribution in [3.8, 4) is 11.3 Å². The van der Waals surface area contributed by atoms with Gasteiger partial charge in [-0.3, -0.25) is 9.69 Å². The van der Waals surface area contributed by atoms with Crippen LogP contribution >= 0.6 is 0 Å². The van der Waals surface area contributed by atoms with Crippen molar-refractivity contribution in [1.82, 2.24) is 29.4 Å². The summed E-state index contributed by atoms with van der Waals surface area (Å²) in [4.78, 5) is 25.3. The second-order valence-corrected chi connectivity index (χ2v) is 12.4. The van der Waals surface area contributed by atoms with Crippen molar-refractivity contribution >= 4 is 22.5 Å². The Morgan fingerprint density at radius 2 is 2.02 bits per heavy atom. The molecule has 218 valence electrons. The van der Waals surface area contributed by atoms with Crippen LogP contribution in [0.1, 0.15) is 68.6 Å². The smallest absolute Gasteiger partial charge is 0.237 e. The van der Waals surface area contributed by atoms with E-state index in [0.29, 0.717) is 30.9 Å². The monoisotopic (exact) mass is 558 g/mol. The van der Waals surface area contributed by atoms with Crippen LogP contribution in [0.5, 0.6) is 0 Å². The molecule has 0 aliphatic carbocycles. The third kappa shape index (κ3) is 5.38. The molecule has 41 heavy (non-hydrogen) atoms. The third-order valence-corrected chi connectivity index (χ3v) is 9.05. The molecule has 9 heteroatoms. The molecule has 0 radical (unpaired) electrons. The molecule has 1 aromatic carbocycles. The Hall–Kier alpha value is -3.27. The van der Waals surface area contributed by atoms with E-state index in [9.17, 15) is 9.90 Å². The van der Waals surface area contributed by atoms with Crippen molar-refractivity contribution in [3.05, 3.63) is 53.5 Å². The van der Waals surface area contributed by atoms with Crippen LogP contribution in [-0.2, 0) is 16.1 Å². The molecule has 2 atom stereocenters. The summed E-state index contributed by atoms with van der Waals surface area (Å²) in [6.45, 7) is 10.2. The molecule has 2 saturated heterocycles. The Kier molecular flexibility index (Phi) is 7.85. The molecule has 2 fully saturated rings. The number of aliphatic hydroxyl groups is 1. The van der Waals surface area contributed by atoms with Crippen molar-refractivity contribution < 1.29 is 14.6 Å². The van der Waals surface area contributed by atoms with Crippen molar-refractivity contribution in [3.63, 3.8) is 0 Å². The van der Waals surface area contributed by atoms with Crippen LogP contribution in [0, 0.1) is 5.92 Å². The third-order valence-electron chi connectivity index (χ3n) is 9.05. The normalized spacial score (nSPS) is 20.7. The average molecular weight is 559 g/mol. The van der Waals surface area contributed by atoms with E-state index >= 15 is 0 Å². The van der Waals surface area contributed by atoms with Crippen LogP contribution in [0.15, 0.2) is 36.8 Å². The number of aliphatic hydroxyl groups excluding tert-OH is 1. The summed E-state index contributed by atoms with van der Waals surface area (Å²) in [5, 5.41) is 15.4. The Bertz CT molecular complexity index is 1530. The highest BCUT2D eigenvalue weighted by molar-refractivity contribution is 5.92. The van der Waals surface area contributed by atoms with Gasteiger partial charge in [-0.2, -0.15) is 5.10 Å². The first-order valence-electron chi connectivity index (χ1n) is 15.0. The number of rotatable bonds is 8. The minimum Gasteiger partial charge on any atom is -0.394 e. The fourth-order valence-electron chi connectivity index (χ4n) is 7.04. The molecular weight excluding hydrogens is 516 g/mol. The number of aromatic amines is 1. The highest BCUT2D eigenvalue weighted by Crippen LogP contribution is 2.39. The number of carbonyl (C=O) groups excluding carboxylic acids is 1. The highest BCUT2D eigenvalue weighted by Gasteiger charge is 2.33. The minimum absolute atomic E-state index is 0.0205. The summed E-state index contributed by atoms with van der Waals surface area (Å²) in [7, 11) is 1.70. The number of aromatic nitrogens is 4. The largest absolute Gasteiger partial charge is 0.394 e. The van der Waals surface area contributed by atoms with Gasteiger partial charge in [0.2, 0.25) is 5.91 Å². The van der Waals surface area contributed by atoms with Crippen molar-refractivity contribution in [2.45, 2.75) is 64.5 Å². The molecule has 0 saturated carbocycles. The zero-order chi connectivity index (χ0) is 28.7. The number of likely N-dealkylation sites (tertiary alicyclic amines) is 2. The van der Waals surface area contributed by atoms with Crippen LogP contribution in [0.2, 0.25) is 0 Å². The van der Waals surface area contributed by atoms with E-state index in [1.165, 1.54) is 16.5 Å². The summed E-state index contributed by atoms with van der Waals surface area (Å²) >= 11 is 0. The van der Waals surface area contributed by atoms with Gasteiger partial charge in [-0.1, -0.05) is 26.8 Å². The number of carbonyl (C=O) groups is 1. The summed E-state index contributed by atoms with van der Waals surface area (Å²) in [5.74, 6) is 1.42. The van der Waals surface area contributed by atoms with Crippen molar-refractivity contribution in [2.75, 3.05) is 39.9 Å². The fraction of sp³-hybridized carbons (Fsp3) is 0.531. The lowest BCUT2D eigenvalue weighted by molar-refractivity contribution is -0.134. The van der Waals surface area contributed by atoms with Gasteiger partial charge in [-0.25, -0.2) is 9.50 Å². The highest BCUT2D eigenvalue weighted by atomic mass is 16.5. The Labute approximate surface area is 241 Å². The SMILES string of the molecule is COCc1cc(-c2[nH]c3ccc(C4CCN(CC(=O)N5C[C@@H](C)C[C@H]5CO)CC4)cc3c2C(C)C)cn2ncnc12. The number of methoxy groups -OCH3 is 1. The molecular formula is C32H42N6O3. The molecule has 6 rings (SSSR count). The van der Waals surface area contributed by atoms with Gasteiger partial charge in [0.05, 0.1) is 31.5 Å². The van der Waals surface area contributed by atoms with Gasteiger partial charge >= 0.3 is 0 Å². The second kappa shape index (κ2) is 11.5. The van der Waals surface area contributed by atoms with Gasteiger partial charge in [0.1, 0.15) is 6.33 Å². The number of benzene rings is 1. The summed E-state index contributed by atoms with van der Waals surface area (Å²) in [6.07, 6.45) is 6.60. The topological polar surface area (TPSA) is 99.0 Å².